The van der Waals surface area contributed by atoms with Crippen LogP contribution in [0.3, 0.4) is 0 Å². The number of hydrogen-bond acceptors (Lipinski definition) is 5. The van der Waals surface area contributed by atoms with Crippen LogP contribution in [-0.2, 0) is 26.1 Å². The maximum Gasteiger partial charge on any atom is 0.287 e. The van der Waals surface area contributed by atoms with Crippen molar-refractivity contribution in [1.82, 2.24) is 25.2 Å². The van der Waals surface area contributed by atoms with Crippen LogP contribution in [0.15, 0.2) is 47.2 Å². The summed E-state index contributed by atoms with van der Waals surface area (Å²) in [6, 6.07) is 9.09. The monoisotopic (exact) mass is 379 g/mol. The van der Waals surface area contributed by atoms with Crippen LogP contribution >= 0.6 is 0 Å². The summed E-state index contributed by atoms with van der Waals surface area (Å²) in [5.41, 5.74) is 1.90. The fourth-order valence-electron chi connectivity index (χ4n) is 3.32. The van der Waals surface area contributed by atoms with E-state index in [0.29, 0.717) is 24.5 Å². The fourth-order valence-corrected chi connectivity index (χ4v) is 3.32. The number of hydrogen-bond donors (Lipinski definition) is 2. The van der Waals surface area contributed by atoms with Crippen LogP contribution in [-0.4, -0.2) is 26.3 Å². The molecule has 0 atom stereocenters. The van der Waals surface area contributed by atoms with Gasteiger partial charge in [-0.1, -0.05) is 6.07 Å². The predicted octanol–water partition coefficient (Wildman–Crippen LogP) is 2.07. The van der Waals surface area contributed by atoms with Gasteiger partial charge in [0.15, 0.2) is 5.82 Å². The van der Waals surface area contributed by atoms with E-state index in [0.717, 1.165) is 30.7 Å². The SMILES string of the molecule is O=C(NCc1ccccn1)c1nc(C(=O)NCc2ccco2)n2c1CCCC2. The van der Waals surface area contributed by atoms with Crippen molar-refractivity contribution in [2.75, 3.05) is 0 Å². The molecule has 2 amide bonds. The first-order valence-electron chi connectivity index (χ1n) is 9.30. The Bertz CT molecular complexity index is 963. The molecule has 3 aromatic heterocycles. The van der Waals surface area contributed by atoms with E-state index in [4.69, 9.17) is 4.42 Å². The summed E-state index contributed by atoms with van der Waals surface area (Å²) in [6.45, 7) is 1.26. The van der Waals surface area contributed by atoms with Crippen LogP contribution in [0, 0.1) is 0 Å². The zero-order chi connectivity index (χ0) is 19.3. The second kappa shape index (κ2) is 8.08. The van der Waals surface area contributed by atoms with E-state index >= 15 is 0 Å². The molecule has 1 aliphatic heterocycles. The third-order valence-corrected chi connectivity index (χ3v) is 4.70. The highest BCUT2D eigenvalue weighted by molar-refractivity contribution is 5.97. The Morgan fingerprint density at radius 2 is 1.96 bits per heavy atom. The Kier molecular flexibility index (Phi) is 5.18. The van der Waals surface area contributed by atoms with Crippen LogP contribution in [0.5, 0.6) is 0 Å². The standard InChI is InChI=1S/C20H21N5O3/c26-19(22-12-14-6-1-3-9-21-14)17-16-8-2-4-10-25(16)18(24-17)20(27)23-13-15-7-5-11-28-15/h1,3,5-7,9,11H,2,4,8,10,12-13H2,(H,22,26)(H,23,27). The number of fused-ring (bicyclic) bond motifs is 1. The van der Waals surface area contributed by atoms with E-state index in [2.05, 4.69) is 20.6 Å². The lowest BCUT2D eigenvalue weighted by Gasteiger charge is -2.17. The van der Waals surface area contributed by atoms with Crippen molar-refractivity contribution in [2.45, 2.75) is 38.9 Å². The van der Waals surface area contributed by atoms with Gasteiger partial charge < -0.3 is 19.6 Å². The predicted molar refractivity (Wildman–Crippen MR) is 100 cm³/mol. The number of furan rings is 1. The molecule has 0 saturated heterocycles. The molecule has 8 heteroatoms. The smallest absolute Gasteiger partial charge is 0.287 e. The minimum atomic E-state index is -0.316. The Balaban J connectivity index is 1.51. The maximum atomic E-state index is 12.7. The topological polar surface area (TPSA) is 102 Å². The largest absolute Gasteiger partial charge is 0.467 e. The molecule has 0 fully saturated rings. The van der Waals surface area contributed by atoms with Crippen molar-refractivity contribution < 1.29 is 14.0 Å². The molecule has 0 spiro atoms. The number of nitrogens with one attached hydrogen (secondary N) is 2. The average Bonchev–Trinajstić information content (AvgIpc) is 3.39. The Labute approximate surface area is 162 Å². The quantitative estimate of drug-likeness (QED) is 0.683. The molecule has 144 valence electrons. The lowest BCUT2D eigenvalue weighted by molar-refractivity contribution is 0.0932. The van der Waals surface area contributed by atoms with E-state index < -0.39 is 0 Å². The molecule has 0 aliphatic carbocycles. The van der Waals surface area contributed by atoms with Gasteiger partial charge in [-0.3, -0.25) is 14.6 Å². The Morgan fingerprint density at radius 1 is 1.07 bits per heavy atom. The number of nitrogens with zero attached hydrogens (tertiary/aromatic N) is 3. The van der Waals surface area contributed by atoms with Crippen molar-refractivity contribution in [1.29, 1.82) is 0 Å². The molecule has 0 bridgehead atoms. The summed E-state index contributed by atoms with van der Waals surface area (Å²) >= 11 is 0. The van der Waals surface area contributed by atoms with E-state index in [1.165, 1.54) is 0 Å². The first-order chi connectivity index (χ1) is 13.7. The molecule has 1 aliphatic rings. The van der Waals surface area contributed by atoms with Gasteiger partial charge in [0.2, 0.25) is 0 Å². The van der Waals surface area contributed by atoms with E-state index in [9.17, 15) is 9.59 Å². The molecule has 28 heavy (non-hydrogen) atoms. The van der Waals surface area contributed by atoms with Gasteiger partial charge in [0.05, 0.1) is 30.7 Å². The molecular weight excluding hydrogens is 358 g/mol. The number of amides is 2. The van der Waals surface area contributed by atoms with Crippen molar-refractivity contribution in [3.05, 3.63) is 71.5 Å². The van der Waals surface area contributed by atoms with Crippen LogP contribution < -0.4 is 10.6 Å². The molecule has 0 aromatic carbocycles. The summed E-state index contributed by atoms with van der Waals surface area (Å²) in [4.78, 5) is 34.0. The molecule has 4 heterocycles. The van der Waals surface area contributed by atoms with E-state index in [-0.39, 0.29) is 24.2 Å². The molecular formula is C20H21N5O3. The molecule has 3 aromatic rings. The van der Waals surface area contributed by atoms with E-state index in [1.54, 1.807) is 24.6 Å². The van der Waals surface area contributed by atoms with Crippen molar-refractivity contribution in [2.24, 2.45) is 0 Å². The van der Waals surface area contributed by atoms with Crippen LogP contribution in [0.25, 0.3) is 0 Å². The highest BCUT2D eigenvalue weighted by Crippen LogP contribution is 2.21. The van der Waals surface area contributed by atoms with Crippen molar-refractivity contribution in [3.63, 3.8) is 0 Å². The maximum absolute atomic E-state index is 12.7. The Morgan fingerprint density at radius 3 is 2.75 bits per heavy atom. The molecule has 0 unspecified atom stereocenters. The summed E-state index contributed by atoms with van der Waals surface area (Å²) in [6.07, 6.45) is 5.89. The van der Waals surface area contributed by atoms with Crippen LogP contribution in [0.2, 0.25) is 0 Å². The second-order valence-corrected chi connectivity index (χ2v) is 6.61. The zero-order valence-corrected chi connectivity index (χ0v) is 15.4. The number of rotatable bonds is 6. The van der Waals surface area contributed by atoms with Gasteiger partial charge in [-0.25, -0.2) is 4.98 Å². The average molecular weight is 379 g/mol. The number of carbonyl (C=O) groups excluding carboxylic acids is 2. The van der Waals surface area contributed by atoms with Gasteiger partial charge in [0, 0.05) is 12.7 Å². The molecule has 0 saturated carbocycles. The van der Waals surface area contributed by atoms with Gasteiger partial charge in [-0.2, -0.15) is 0 Å². The third kappa shape index (κ3) is 3.80. The number of carbonyl (C=O) groups is 2. The number of imidazole rings is 1. The lowest BCUT2D eigenvalue weighted by Crippen LogP contribution is -2.27. The van der Waals surface area contributed by atoms with Crippen LogP contribution in [0.4, 0.5) is 0 Å². The molecule has 2 N–H and O–H groups in total. The van der Waals surface area contributed by atoms with Gasteiger partial charge in [-0.05, 0) is 43.5 Å². The number of pyridine rings is 1. The van der Waals surface area contributed by atoms with Gasteiger partial charge >= 0.3 is 0 Å². The van der Waals surface area contributed by atoms with Crippen LogP contribution in [0.1, 0.15) is 51.1 Å². The minimum absolute atomic E-state index is 0.268. The minimum Gasteiger partial charge on any atom is -0.467 e. The summed E-state index contributed by atoms with van der Waals surface area (Å²) in [7, 11) is 0. The summed E-state index contributed by atoms with van der Waals surface area (Å²) < 4.78 is 7.10. The normalized spacial score (nSPS) is 13.0. The lowest BCUT2D eigenvalue weighted by atomic mass is 10.1. The highest BCUT2D eigenvalue weighted by atomic mass is 16.3. The van der Waals surface area contributed by atoms with Gasteiger partial charge in [0.1, 0.15) is 11.5 Å². The third-order valence-electron chi connectivity index (χ3n) is 4.70. The molecule has 4 rings (SSSR count). The fraction of sp³-hybridized carbons (Fsp3) is 0.300. The van der Waals surface area contributed by atoms with Gasteiger partial charge in [0.25, 0.3) is 11.8 Å². The molecule has 8 nitrogen and oxygen atoms in total. The van der Waals surface area contributed by atoms with Crippen molar-refractivity contribution >= 4 is 11.8 Å². The summed E-state index contributed by atoms with van der Waals surface area (Å²) in [5.74, 6) is 0.320. The molecule has 0 radical (unpaired) electrons. The highest BCUT2D eigenvalue weighted by Gasteiger charge is 2.27. The van der Waals surface area contributed by atoms with E-state index in [1.807, 2.05) is 22.8 Å². The first kappa shape index (κ1) is 18.0. The van der Waals surface area contributed by atoms with Gasteiger partial charge in [-0.15, -0.1) is 0 Å². The number of aromatic nitrogens is 3. The first-order valence-corrected chi connectivity index (χ1v) is 9.30. The van der Waals surface area contributed by atoms with Crippen molar-refractivity contribution in [3.8, 4) is 0 Å². The zero-order valence-electron chi connectivity index (χ0n) is 15.4. The summed E-state index contributed by atoms with van der Waals surface area (Å²) in [5, 5.41) is 5.65. The Hall–Kier alpha value is -3.42. The second-order valence-electron chi connectivity index (χ2n) is 6.61.